The number of nitrogens with zero attached hydrogens (tertiary/aromatic N) is 5. The normalized spacial score (nSPS) is 11.6. The molecule has 0 unspecified atom stereocenters. The van der Waals surface area contributed by atoms with Crippen LogP contribution in [-0.2, 0) is 11.2 Å². The van der Waals surface area contributed by atoms with Crippen molar-refractivity contribution in [3.8, 4) is 0 Å². The lowest BCUT2D eigenvalue weighted by Crippen LogP contribution is -2.43. The summed E-state index contributed by atoms with van der Waals surface area (Å²) in [7, 11) is 0. The molecule has 0 atom stereocenters. The SMILES string of the molecule is Cc1cc(C)n2nc(CC(=O)N(C(C)C)C(C)C)nc2n1. The van der Waals surface area contributed by atoms with Gasteiger partial charge in [0, 0.05) is 23.5 Å². The number of amides is 1. The zero-order chi connectivity index (χ0) is 15.7. The monoisotopic (exact) mass is 289 g/mol. The summed E-state index contributed by atoms with van der Waals surface area (Å²) in [5.74, 6) is 1.12. The lowest BCUT2D eigenvalue weighted by Gasteiger charge is -2.30. The number of hydrogen-bond acceptors (Lipinski definition) is 4. The van der Waals surface area contributed by atoms with Crippen LogP contribution in [0.4, 0.5) is 0 Å². The third kappa shape index (κ3) is 3.20. The summed E-state index contributed by atoms with van der Waals surface area (Å²) < 4.78 is 1.69. The van der Waals surface area contributed by atoms with Gasteiger partial charge in [0.05, 0.1) is 6.42 Å². The van der Waals surface area contributed by atoms with E-state index in [1.54, 1.807) is 4.52 Å². The third-order valence-corrected chi connectivity index (χ3v) is 3.37. The van der Waals surface area contributed by atoms with Crippen LogP contribution in [0.2, 0.25) is 0 Å². The second-order valence-corrected chi connectivity index (χ2v) is 5.94. The van der Waals surface area contributed by atoms with Crippen LogP contribution in [0.25, 0.3) is 5.78 Å². The molecule has 2 aromatic heterocycles. The molecule has 2 aromatic rings. The Kier molecular flexibility index (Phi) is 4.25. The Bertz CT molecular complexity index is 651. The van der Waals surface area contributed by atoms with Gasteiger partial charge < -0.3 is 4.90 Å². The Morgan fingerprint density at radius 2 is 1.81 bits per heavy atom. The third-order valence-electron chi connectivity index (χ3n) is 3.37. The van der Waals surface area contributed by atoms with E-state index < -0.39 is 0 Å². The van der Waals surface area contributed by atoms with Crippen molar-refractivity contribution in [1.29, 1.82) is 0 Å². The molecule has 114 valence electrons. The van der Waals surface area contributed by atoms with E-state index in [0.717, 1.165) is 11.4 Å². The molecule has 2 rings (SSSR count). The molecule has 6 nitrogen and oxygen atoms in total. The summed E-state index contributed by atoms with van der Waals surface area (Å²) in [6.07, 6.45) is 0.207. The van der Waals surface area contributed by atoms with Crippen molar-refractivity contribution < 1.29 is 4.79 Å². The van der Waals surface area contributed by atoms with E-state index in [4.69, 9.17) is 0 Å². The Morgan fingerprint density at radius 3 is 2.38 bits per heavy atom. The Morgan fingerprint density at radius 1 is 1.19 bits per heavy atom. The maximum Gasteiger partial charge on any atom is 0.252 e. The van der Waals surface area contributed by atoms with E-state index >= 15 is 0 Å². The number of hydrogen-bond donors (Lipinski definition) is 0. The zero-order valence-corrected chi connectivity index (χ0v) is 13.6. The van der Waals surface area contributed by atoms with E-state index in [0.29, 0.717) is 11.6 Å². The first-order valence-corrected chi connectivity index (χ1v) is 7.30. The van der Waals surface area contributed by atoms with Crippen molar-refractivity contribution in [3.05, 3.63) is 23.3 Å². The van der Waals surface area contributed by atoms with Crippen molar-refractivity contribution in [1.82, 2.24) is 24.5 Å². The van der Waals surface area contributed by atoms with Crippen LogP contribution in [0.1, 0.15) is 44.9 Å². The van der Waals surface area contributed by atoms with Gasteiger partial charge in [0.25, 0.3) is 5.78 Å². The minimum atomic E-state index is 0.0466. The number of carbonyl (C=O) groups excluding carboxylic acids is 1. The fourth-order valence-corrected chi connectivity index (χ4v) is 2.68. The largest absolute Gasteiger partial charge is 0.337 e. The van der Waals surface area contributed by atoms with Gasteiger partial charge in [-0.05, 0) is 47.6 Å². The van der Waals surface area contributed by atoms with Gasteiger partial charge in [-0.15, -0.1) is 5.10 Å². The molecule has 0 saturated carbocycles. The smallest absolute Gasteiger partial charge is 0.252 e. The summed E-state index contributed by atoms with van der Waals surface area (Å²) in [5, 5.41) is 4.39. The van der Waals surface area contributed by atoms with Crippen LogP contribution >= 0.6 is 0 Å². The van der Waals surface area contributed by atoms with Crippen LogP contribution in [0.3, 0.4) is 0 Å². The molecule has 0 aromatic carbocycles. The minimum Gasteiger partial charge on any atom is -0.337 e. The van der Waals surface area contributed by atoms with E-state index in [2.05, 4.69) is 15.1 Å². The van der Waals surface area contributed by atoms with Gasteiger partial charge in [0.1, 0.15) is 0 Å². The number of fused-ring (bicyclic) bond motifs is 1. The molecule has 6 heteroatoms. The minimum absolute atomic E-state index is 0.0466. The fraction of sp³-hybridized carbons (Fsp3) is 0.600. The van der Waals surface area contributed by atoms with Crippen molar-refractivity contribution >= 4 is 11.7 Å². The van der Waals surface area contributed by atoms with Gasteiger partial charge in [-0.1, -0.05) is 0 Å². The van der Waals surface area contributed by atoms with Crippen LogP contribution in [0, 0.1) is 13.8 Å². The number of aryl methyl sites for hydroxylation is 2. The summed E-state index contributed by atoms with van der Waals surface area (Å²) in [6, 6.07) is 2.27. The van der Waals surface area contributed by atoms with E-state index in [9.17, 15) is 4.79 Å². The first-order chi connectivity index (χ1) is 9.79. The number of aromatic nitrogens is 4. The molecule has 2 heterocycles. The molecule has 21 heavy (non-hydrogen) atoms. The standard InChI is InChI=1S/C15H23N5O/c1-9(2)19(10(3)4)14(21)8-13-17-15-16-11(5)7-12(6)20(15)18-13/h7,9-10H,8H2,1-6H3. The summed E-state index contributed by atoms with van der Waals surface area (Å²) in [6.45, 7) is 11.9. The second kappa shape index (κ2) is 5.79. The Balaban J connectivity index is 2.27. The highest BCUT2D eigenvalue weighted by atomic mass is 16.2. The number of carbonyl (C=O) groups is 1. The van der Waals surface area contributed by atoms with Crippen LogP contribution in [0.5, 0.6) is 0 Å². The predicted octanol–water partition coefficient (Wildman–Crippen LogP) is 1.93. The van der Waals surface area contributed by atoms with E-state index in [-0.39, 0.29) is 24.4 Å². The second-order valence-electron chi connectivity index (χ2n) is 5.94. The maximum absolute atomic E-state index is 12.4. The van der Waals surface area contributed by atoms with Crippen molar-refractivity contribution in [2.45, 2.75) is 60.0 Å². The molecule has 0 spiro atoms. The van der Waals surface area contributed by atoms with Crippen molar-refractivity contribution in [2.75, 3.05) is 0 Å². The molecule has 0 aliphatic heterocycles. The zero-order valence-electron chi connectivity index (χ0n) is 13.6. The molecule has 0 fully saturated rings. The molecule has 0 aliphatic carbocycles. The van der Waals surface area contributed by atoms with Gasteiger partial charge >= 0.3 is 0 Å². The molecule has 0 N–H and O–H groups in total. The topological polar surface area (TPSA) is 63.4 Å². The quantitative estimate of drug-likeness (QED) is 0.862. The molecular formula is C15H23N5O. The highest BCUT2D eigenvalue weighted by molar-refractivity contribution is 5.78. The Hall–Kier alpha value is -1.98. The van der Waals surface area contributed by atoms with Crippen LogP contribution < -0.4 is 0 Å². The van der Waals surface area contributed by atoms with Crippen LogP contribution in [-0.4, -0.2) is 42.5 Å². The summed E-state index contributed by atoms with van der Waals surface area (Å²) >= 11 is 0. The van der Waals surface area contributed by atoms with E-state index in [1.165, 1.54) is 0 Å². The fourth-order valence-electron chi connectivity index (χ4n) is 2.68. The van der Waals surface area contributed by atoms with Gasteiger partial charge in [-0.3, -0.25) is 4.79 Å². The maximum atomic E-state index is 12.4. The first kappa shape index (κ1) is 15.4. The Labute approximate surface area is 125 Å². The van der Waals surface area contributed by atoms with Crippen molar-refractivity contribution in [3.63, 3.8) is 0 Å². The summed E-state index contributed by atoms with van der Waals surface area (Å²) in [5.41, 5.74) is 1.87. The van der Waals surface area contributed by atoms with Gasteiger partial charge in [-0.2, -0.15) is 4.98 Å². The molecule has 1 amide bonds. The average Bonchev–Trinajstić information content (AvgIpc) is 2.70. The molecule has 0 saturated heterocycles. The van der Waals surface area contributed by atoms with E-state index in [1.807, 2.05) is 52.5 Å². The summed E-state index contributed by atoms with van der Waals surface area (Å²) in [4.78, 5) is 23.0. The van der Waals surface area contributed by atoms with Gasteiger partial charge in [0.2, 0.25) is 5.91 Å². The lowest BCUT2D eigenvalue weighted by atomic mass is 10.2. The molecule has 0 radical (unpaired) electrons. The highest BCUT2D eigenvalue weighted by Gasteiger charge is 2.22. The number of rotatable bonds is 4. The molecule has 0 aliphatic rings. The lowest BCUT2D eigenvalue weighted by molar-refractivity contribution is -0.134. The average molecular weight is 289 g/mol. The van der Waals surface area contributed by atoms with Crippen LogP contribution in [0.15, 0.2) is 6.07 Å². The predicted molar refractivity (Wildman–Crippen MR) is 81.1 cm³/mol. The molecular weight excluding hydrogens is 266 g/mol. The highest BCUT2D eigenvalue weighted by Crippen LogP contribution is 2.10. The van der Waals surface area contributed by atoms with Crippen molar-refractivity contribution in [2.24, 2.45) is 0 Å². The first-order valence-electron chi connectivity index (χ1n) is 7.30. The van der Waals surface area contributed by atoms with Gasteiger partial charge in [-0.25, -0.2) is 9.50 Å². The molecule has 0 bridgehead atoms. The van der Waals surface area contributed by atoms with Gasteiger partial charge in [0.15, 0.2) is 5.82 Å².